The Hall–Kier alpha value is -5.60. The summed E-state index contributed by atoms with van der Waals surface area (Å²) in [4.78, 5) is 31.9. The molecule has 0 spiro atoms. The molecule has 7 rings (SSSR count). The molecule has 0 saturated carbocycles. The maximum atomic E-state index is 13.8. The standard InChI is InChI=1S/C41H42FN5O7/c1-50-37-19-28(6-11-36(37)54-24-32-23-52-16-17-53-32)29-18-33(39(43)45-20-29)26-4-9-31(10-5-26)46-40(49)35-22-47(25-41(44)12-14-51-15-13-41)21-34(38(35)48)27-2-7-30(42)8-3-27/h2-11,18-22,32H,12-17,23-25,44H2,1H3,(H2,43,45)(H,46,49). The molecule has 5 aromatic rings. The molecular formula is C41H42FN5O7. The maximum Gasteiger partial charge on any atom is 0.261 e. The van der Waals surface area contributed by atoms with Crippen LogP contribution >= 0.6 is 0 Å². The van der Waals surface area contributed by atoms with E-state index in [0.717, 1.165) is 16.7 Å². The molecule has 54 heavy (non-hydrogen) atoms. The molecular weight excluding hydrogens is 693 g/mol. The SMILES string of the molecule is COc1cc(-c2cnc(N)c(-c3ccc(NC(=O)c4cn(CC5(N)CCOCC5)cc(-c5ccc(F)cc5)c4=O)cc3)c2)ccc1OCC1COCCO1. The monoisotopic (exact) mass is 735 g/mol. The average molecular weight is 736 g/mol. The van der Waals surface area contributed by atoms with E-state index in [-0.39, 0.29) is 17.2 Å². The number of benzene rings is 3. The zero-order valence-electron chi connectivity index (χ0n) is 29.9. The van der Waals surface area contributed by atoms with Crippen LogP contribution in [-0.4, -0.2) is 73.9 Å². The number of halogens is 1. The van der Waals surface area contributed by atoms with Crippen LogP contribution in [0.25, 0.3) is 33.4 Å². The first-order valence-electron chi connectivity index (χ1n) is 17.7. The van der Waals surface area contributed by atoms with Gasteiger partial charge in [0.2, 0.25) is 5.43 Å². The Morgan fingerprint density at radius 1 is 0.907 bits per heavy atom. The summed E-state index contributed by atoms with van der Waals surface area (Å²) in [5.41, 5.74) is 16.3. The largest absolute Gasteiger partial charge is 0.493 e. The highest BCUT2D eigenvalue weighted by molar-refractivity contribution is 6.04. The number of nitrogens with zero attached hydrogens (tertiary/aromatic N) is 2. The van der Waals surface area contributed by atoms with Crippen molar-refractivity contribution >= 4 is 17.4 Å². The summed E-state index contributed by atoms with van der Waals surface area (Å²) in [6.07, 6.45) is 5.99. The molecule has 12 nitrogen and oxygen atoms in total. The number of nitrogen functional groups attached to an aromatic ring is 1. The summed E-state index contributed by atoms with van der Waals surface area (Å²) in [5, 5.41) is 2.86. The molecule has 4 heterocycles. The summed E-state index contributed by atoms with van der Waals surface area (Å²) < 4.78 is 43.8. The van der Waals surface area contributed by atoms with E-state index in [1.165, 1.54) is 30.5 Å². The van der Waals surface area contributed by atoms with Crippen molar-refractivity contribution in [2.75, 3.05) is 57.8 Å². The summed E-state index contributed by atoms with van der Waals surface area (Å²) >= 11 is 0. The van der Waals surface area contributed by atoms with Gasteiger partial charge in [0.05, 0.1) is 26.9 Å². The van der Waals surface area contributed by atoms with Gasteiger partial charge in [-0.05, 0) is 72.0 Å². The zero-order valence-corrected chi connectivity index (χ0v) is 29.9. The minimum absolute atomic E-state index is 0.0686. The van der Waals surface area contributed by atoms with Crippen LogP contribution in [0.15, 0.2) is 96.2 Å². The first kappa shape index (κ1) is 36.7. The first-order valence-corrected chi connectivity index (χ1v) is 17.7. The molecule has 2 fully saturated rings. The van der Waals surface area contributed by atoms with Gasteiger partial charge in [0.15, 0.2) is 11.5 Å². The predicted molar refractivity (Wildman–Crippen MR) is 203 cm³/mol. The van der Waals surface area contributed by atoms with Gasteiger partial charge in [0.25, 0.3) is 5.91 Å². The minimum Gasteiger partial charge on any atom is -0.493 e. The van der Waals surface area contributed by atoms with Gasteiger partial charge in [0.1, 0.15) is 29.9 Å². The number of pyridine rings is 2. The van der Waals surface area contributed by atoms with Crippen LogP contribution in [0.3, 0.4) is 0 Å². The number of nitrogens with one attached hydrogen (secondary N) is 1. The van der Waals surface area contributed by atoms with Crippen LogP contribution in [-0.2, 0) is 20.8 Å². The van der Waals surface area contributed by atoms with E-state index in [4.69, 9.17) is 35.2 Å². The molecule has 2 saturated heterocycles. The molecule has 13 heteroatoms. The van der Waals surface area contributed by atoms with Crippen molar-refractivity contribution in [1.29, 1.82) is 0 Å². The van der Waals surface area contributed by atoms with Gasteiger partial charge in [-0.3, -0.25) is 9.59 Å². The lowest BCUT2D eigenvalue weighted by Gasteiger charge is -2.34. The van der Waals surface area contributed by atoms with Gasteiger partial charge in [-0.25, -0.2) is 9.37 Å². The van der Waals surface area contributed by atoms with Crippen molar-refractivity contribution in [2.24, 2.45) is 5.73 Å². The number of amides is 1. The second kappa shape index (κ2) is 16.2. The van der Waals surface area contributed by atoms with Gasteiger partial charge in [-0.2, -0.15) is 0 Å². The Morgan fingerprint density at radius 2 is 1.63 bits per heavy atom. The van der Waals surface area contributed by atoms with Crippen LogP contribution in [0.5, 0.6) is 11.5 Å². The number of carbonyl (C=O) groups excluding carboxylic acids is 1. The predicted octanol–water partition coefficient (Wildman–Crippen LogP) is 5.53. The third kappa shape index (κ3) is 8.45. The minimum atomic E-state index is -0.590. The molecule has 280 valence electrons. The van der Waals surface area contributed by atoms with Gasteiger partial charge >= 0.3 is 0 Å². The molecule has 3 aromatic carbocycles. The van der Waals surface area contributed by atoms with E-state index >= 15 is 0 Å². The van der Waals surface area contributed by atoms with Crippen molar-refractivity contribution in [3.05, 3.63) is 113 Å². The number of ether oxygens (including phenoxy) is 5. The normalized spacial score (nSPS) is 16.8. The highest BCUT2D eigenvalue weighted by Crippen LogP contribution is 2.35. The number of nitrogens with two attached hydrogens (primary N) is 2. The number of carbonyl (C=O) groups is 1. The third-order valence-corrected chi connectivity index (χ3v) is 9.64. The lowest BCUT2D eigenvalue weighted by atomic mass is 9.91. The highest BCUT2D eigenvalue weighted by atomic mass is 19.1. The van der Waals surface area contributed by atoms with Crippen LogP contribution in [0, 0.1) is 5.82 Å². The fourth-order valence-corrected chi connectivity index (χ4v) is 6.60. The van der Waals surface area contributed by atoms with Crippen LogP contribution in [0.1, 0.15) is 23.2 Å². The van der Waals surface area contributed by atoms with Crippen molar-refractivity contribution in [3.63, 3.8) is 0 Å². The molecule has 1 amide bonds. The van der Waals surface area contributed by atoms with E-state index in [0.29, 0.717) is 93.2 Å². The Bertz CT molecular complexity index is 2160. The van der Waals surface area contributed by atoms with Crippen molar-refractivity contribution in [3.8, 4) is 44.9 Å². The van der Waals surface area contributed by atoms with E-state index < -0.39 is 22.7 Å². The van der Waals surface area contributed by atoms with Gasteiger partial charge < -0.3 is 45.0 Å². The summed E-state index contributed by atoms with van der Waals surface area (Å²) in [6.45, 7) is 3.37. The average Bonchev–Trinajstić information content (AvgIpc) is 3.19. The van der Waals surface area contributed by atoms with Crippen molar-refractivity contribution in [2.45, 2.75) is 31.0 Å². The van der Waals surface area contributed by atoms with Crippen LogP contribution in [0.2, 0.25) is 0 Å². The molecule has 2 aromatic heterocycles. The second-order valence-electron chi connectivity index (χ2n) is 13.5. The quantitative estimate of drug-likeness (QED) is 0.157. The fraction of sp³-hybridized carbons (Fsp3) is 0.293. The number of aromatic nitrogens is 2. The van der Waals surface area contributed by atoms with Gasteiger partial charge in [-0.1, -0.05) is 30.3 Å². The summed E-state index contributed by atoms with van der Waals surface area (Å²) in [7, 11) is 1.58. The number of methoxy groups -OCH3 is 1. The third-order valence-electron chi connectivity index (χ3n) is 9.64. The molecule has 2 aliphatic rings. The van der Waals surface area contributed by atoms with E-state index in [1.54, 1.807) is 36.2 Å². The van der Waals surface area contributed by atoms with E-state index in [2.05, 4.69) is 10.3 Å². The Balaban J connectivity index is 1.10. The van der Waals surface area contributed by atoms with Crippen LogP contribution < -0.4 is 31.7 Å². The van der Waals surface area contributed by atoms with E-state index in [9.17, 15) is 14.0 Å². The highest BCUT2D eigenvalue weighted by Gasteiger charge is 2.29. The van der Waals surface area contributed by atoms with Gasteiger partial charge in [-0.15, -0.1) is 0 Å². The molecule has 1 unspecified atom stereocenters. The lowest BCUT2D eigenvalue weighted by Crippen LogP contribution is -2.48. The van der Waals surface area contributed by atoms with Gasteiger partial charge in [0, 0.05) is 66.3 Å². The second-order valence-corrected chi connectivity index (χ2v) is 13.5. The van der Waals surface area contributed by atoms with Crippen LogP contribution in [0.4, 0.5) is 15.9 Å². The number of hydrogen-bond donors (Lipinski definition) is 3. The summed E-state index contributed by atoms with van der Waals surface area (Å²) in [6, 6.07) is 20.3. The van der Waals surface area contributed by atoms with Crippen molar-refractivity contribution < 1.29 is 32.9 Å². The molecule has 0 bridgehead atoms. The lowest BCUT2D eigenvalue weighted by molar-refractivity contribution is -0.101. The number of anilines is 2. The Kier molecular flexibility index (Phi) is 11.0. The molecule has 0 radical (unpaired) electrons. The maximum absolute atomic E-state index is 13.8. The number of rotatable bonds is 11. The molecule has 1 atom stereocenters. The Labute approximate surface area is 311 Å². The van der Waals surface area contributed by atoms with E-state index in [1.807, 2.05) is 36.4 Å². The molecule has 2 aliphatic heterocycles. The zero-order chi connectivity index (χ0) is 37.7. The molecule has 5 N–H and O–H groups in total. The summed E-state index contributed by atoms with van der Waals surface area (Å²) in [5.74, 6) is 0.454. The topological polar surface area (TPSA) is 162 Å². The smallest absolute Gasteiger partial charge is 0.261 e. The molecule has 0 aliphatic carbocycles. The van der Waals surface area contributed by atoms with Crippen molar-refractivity contribution in [1.82, 2.24) is 9.55 Å². The fourth-order valence-electron chi connectivity index (χ4n) is 6.60. The Morgan fingerprint density at radius 3 is 2.35 bits per heavy atom. The first-order chi connectivity index (χ1) is 26.2. The number of hydrogen-bond acceptors (Lipinski definition) is 10.